The first kappa shape index (κ1) is 19.2. The molecule has 1 aliphatic rings. The van der Waals surface area contributed by atoms with Gasteiger partial charge in [0.2, 0.25) is 0 Å². The van der Waals surface area contributed by atoms with Gasteiger partial charge in [0.15, 0.2) is 0 Å². The van der Waals surface area contributed by atoms with Crippen LogP contribution in [0.1, 0.15) is 70.2 Å². The lowest BCUT2D eigenvalue weighted by molar-refractivity contribution is 0.0980. The number of fused-ring (bicyclic) bond motifs is 1. The number of nitrogens with one attached hydrogen (secondary N) is 1. The van der Waals surface area contributed by atoms with Crippen molar-refractivity contribution in [1.82, 2.24) is 5.32 Å². The fraction of sp³-hybridized carbons (Fsp3) is 0.636. The van der Waals surface area contributed by atoms with Crippen LogP contribution >= 0.6 is 0 Å². The Morgan fingerprint density at radius 3 is 2.33 bits per heavy atom. The van der Waals surface area contributed by atoms with Gasteiger partial charge in [0.05, 0.1) is 6.61 Å². The summed E-state index contributed by atoms with van der Waals surface area (Å²) in [6.45, 7) is 19.4. The Balaban J connectivity index is 2.54. The van der Waals surface area contributed by atoms with E-state index in [1.165, 1.54) is 33.4 Å². The fourth-order valence-corrected chi connectivity index (χ4v) is 4.38. The minimum atomic E-state index is -0.00477. The topological polar surface area (TPSA) is 21.3 Å². The molecule has 0 bridgehead atoms. The van der Waals surface area contributed by atoms with E-state index < -0.39 is 0 Å². The lowest BCUT2D eigenvalue weighted by Gasteiger charge is -2.36. The SMILES string of the molecule is CCOCC1(CC(C)NC(C)C)C(C)=C(C)c2c1ccc(C)c2C. The van der Waals surface area contributed by atoms with Gasteiger partial charge in [-0.2, -0.15) is 0 Å². The van der Waals surface area contributed by atoms with Crippen LogP contribution in [0, 0.1) is 13.8 Å². The van der Waals surface area contributed by atoms with Crippen molar-refractivity contribution in [2.75, 3.05) is 13.2 Å². The normalized spacial score (nSPS) is 21.5. The predicted octanol–water partition coefficient (Wildman–Crippen LogP) is 5.16. The molecule has 2 nitrogen and oxygen atoms in total. The van der Waals surface area contributed by atoms with Crippen LogP contribution in [0.5, 0.6) is 0 Å². The Bertz CT molecular complexity index is 629. The Labute approximate surface area is 148 Å². The molecule has 1 aliphatic carbocycles. The third-order valence-corrected chi connectivity index (χ3v) is 5.73. The van der Waals surface area contributed by atoms with Gasteiger partial charge in [-0.25, -0.2) is 0 Å². The molecule has 0 aliphatic heterocycles. The summed E-state index contributed by atoms with van der Waals surface area (Å²) < 4.78 is 6.01. The highest BCUT2D eigenvalue weighted by Gasteiger charge is 2.43. The maximum atomic E-state index is 6.01. The molecule has 134 valence electrons. The van der Waals surface area contributed by atoms with Crippen LogP contribution in [-0.4, -0.2) is 25.3 Å². The molecule has 0 aromatic heterocycles. The third-order valence-electron chi connectivity index (χ3n) is 5.73. The molecular weight excluding hydrogens is 294 g/mol. The van der Waals surface area contributed by atoms with Crippen molar-refractivity contribution in [1.29, 1.82) is 0 Å². The standard InChI is InChI=1S/C22H35NO/c1-9-24-13-22(12-16(5)23-14(2)3)19(8)18(7)21-17(6)15(4)10-11-20(21)22/h10-11,14,16,23H,9,12-13H2,1-8H3. The molecule has 24 heavy (non-hydrogen) atoms. The van der Waals surface area contributed by atoms with Crippen LogP contribution < -0.4 is 5.32 Å². The smallest absolute Gasteiger partial charge is 0.0601 e. The van der Waals surface area contributed by atoms with E-state index in [-0.39, 0.29) is 5.41 Å². The number of hydrogen-bond donors (Lipinski definition) is 1. The fourth-order valence-electron chi connectivity index (χ4n) is 4.38. The van der Waals surface area contributed by atoms with Gasteiger partial charge in [-0.05, 0) is 75.8 Å². The number of rotatable bonds is 7. The summed E-state index contributed by atoms with van der Waals surface area (Å²) in [5.74, 6) is 0. The highest BCUT2D eigenvalue weighted by molar-refractivity contribution is 5.81. The van der Waals surface area contributed by atoms with Crippen LogP contribution in [0.15, 0.2) is 17.7 Å². The molecular formula is C22H35NO. The van der Waals surface area contributed by atoms with E-state index in [4.69, 9.17) is 4.74 Å². The van der Waals surface area contributed by atoms with E-state index in [9.17, 15) is 0 Å². The van der Waals surface area contributed by atoms with Crippen LogP contribution in [0.4, 0.5) is 0 Å². The van der Waals surface area contributed by atoms with Gasteiger partial charge < -0.3 is 10.1 Å². The molecule has 2 unspecified atom stereocenters. The first-order valence-electron chi connectivity index (χ1n) is 9.37. The summed E-state index contributed by atoms with van der Waals surface area (Å²) in [6, 6.07) is 5.57. The maximum absolute atomic E-state index is 6.01. The second kappa shape index (κ2) is 7.41. The number of hydrogen-bond acceptors (Lipinski definition) is 2. The molecule has 2 heteroatoms. The molecule has 1 aromatic rings. The first-order chi connectivity index (χ1) is 11.2. The van der Waals surface area contributed by atoms with Crippen LogP contribution in [0.25, 0.3) is 5.57 Å². The van der Waals surface area contributed by atoms with Crippen molar-refractivity contribution in [2.24, 2.45) is 0 Å². The van der Waals surface area contributed by atoms with E-state index >= 15 is 0 Å². The molecule has 2 atom stereocenters. The summed E-state index contributed by atoms with van der Waals surface area (Å²) in [5, 5.41) is 3.68. The molecule has 2 rings (SSSR count). The molecule has 0 heterocycles. The maximum Gasteiger partial charge on any atom is 0.0601 e. The summed E-state index contributed by atoms with van der Waals surface area (Å²) >= 11 is 0. The van der Waals surface area contributed by atoms with Gasteiger partial charge in [0, 0.05) is 24.1 Å². The van der Waals surface area contributed by atoms with E-state index in [1.54, 1.807) is 0 Å². The van der Waals surface area contributed by atoms with Crippen molar-refractivity contribution in [2.45, 2.75) is 79.3 Å². The highest BCUT2D eigenvalue weighted by atomic mass is 16.5. The number of aryl methyl sites for hydroxylation is 1. The van der Waals surface area contributed by atoms with Crippen molar-refractivity contribution < 1.29 is 4.74 Å². The molecule has 1 aromatic carbocycles. The van der Waals surface area contributed by atoms with E-state index in [0.29, 0.717) is 12.1 Å². The van der Waals surface area contributed by atoms with E-state index in [2.05, 4.69) is 72.8 Å². The van der Waals surface area contributed by atoms with E-state index in [0.717, 1.165) is 19.6 Å². The number of allylic oxidation sites excluding steroid dienone is 1. The average molecular weight is 330 g/mol. The van der Waals surface area contributed by atoms with Crippen molar-refractivity contribution in [3.63, 3.8) is 0 Å². The summed E-state index contributed by atoms with van der Waals surface area (Å²) in [6.07, 6.45) is 1.07. The average Bonchev–Trinajstić information content (AvgIpc) is 2.71. The Hall–Kier alpha value is -1.12. The van der Waals surface area contributed by atoms with Crippen LogP contribution in [-0.2, 0) is 10.2 Å². The van der Waals surface area contributed by atoms with Crippen molar-refractivity contribution in [3.8, 4) is 0 Å². The molecule has 0 saturated heterocycles. The van der Waals surface area contributed by atoms with Gasteiger partial charge in [-0.3, -0.25) is 0 Å². The van der Waals surface area contributed by atoms with Gasteiger partial charge in [-0.1, -0.05) is 31.6 Å². The highest BCUT2D eigenvalue weighted by Crippen LogP contribution is 2.50. The zero-order valence-electron chi connectivity index (χ0n) is 16.8. The third kappa shape index (κ3) is 3.32. The minimum Gasteiger partial charge on any atom is -0.380 e. The lowest BCUT2D eigenvalue weighted by atomic mass is 9.73. The molecule has 0 saturated carbocycles. The lowest BCUT2D eigenvalue weighted by Crippen LogP contribution is -2.42. The zero-order valence-corrected chi connectivity index (χ0v) is 16.8. The Morgan fingerprint density at radius 2 is 1.75 bits per heavy atom. The Kier molecular flexibility index (Phi) is 5.93. The second-order valence-electron chi connectivity index (χ2n) is 7.83. The van der Waals surface area contributed by atoms with Crippen LogP contribution in [0.2, 0.25) is 0 Å². The monoisotopic (exact) mass is 329 g/mol. The van der Waals surface area contributed by atoms with Crippen molar-refractivity contribution in [3.05, 3.63) is 40.0 Å². The molecule has 0 fully saturated rings. The van der Waals surface area contributed by atoms with E-state index in [1.807, 2.05) is 0 Å². The Morgan fingerprint density at radius 1 is 1.08 bits per heavy atom. The summed E-state index contributed by atoms with van der Waals surface area (Å²) in [5.41, 5.74) is 8.65. The summed E-state index contributed by atoms with van der Waals surface area (Å²) in [7, 11) is 0. The number of ether oxygens (including phenoxy) is 1. The predicted molar refractivity (Wildman–Crippen MR) is 105 cm³/mol. The molecule has 1 N–H and O–H groups in total. The van der Waals surface area contributed by atoms with Gasteiger partial charge >= 0.3 is 0 Å². The quantitative estimate of drug-likeness (QED) is 0.746. The largest absolute Gasteiger partial charge is 0.380 e. The number of benzene rings is 1. The molecule has 0 spiro atoms. The minimum absolute atomic E-state index is 0.00477. The second-order valence-corrected chi connectivity index (χ2v) is 7.83. The molecule has 0 radical (unpaired) electrons. The zero-order chi connectivity index (χ0) is 18.1. The van der Waals surface area contributed by atoms with Gasteiger partial charge in [0.1, 0.15) is 0 Å². The van der Waals surface area contributed by atoms with Gasteiger partial charge in [0.25, 0.3) is 0 Å². The summed E-state index contributed by atoms with van der Waals surface area (Å²) in [4.78, 5) is 0. The molecule has 0 amide bonds. The van der Waals surface area contributed by atoms with Gasteiger partial charge in [-0.15, -0.1) is 0 Å². The van der Waals surface area contributed by atoms with Crippen LogP contribution in [0.3, 0.4) is 0 Å². The first-order valence-corrected chi connectivity index (χ1v) is 9.37. The van der Waals surface area contributed by atoms with Crippen molar-refractivity contribution >= 4 is 5.57 Å².